The number of hydrogen-bond donors (Lipinski definition) is 0. The molecule has 1 saturated heterocycles. The number of nitrogens with zero attached hydrogens (tertiary/aromatic N) is 4. The summed E-state index contributed by atoms with van der Waals surface area (Å²) in [6.45, 7) is 1.94. The highest BCUT2D eigenvalue weighted by Gasteiger charge is 2.31. The summed E-state index contributed by atoms with van der Waals surface area (Å²) in [5, 5.41) is 4.63. The van der Waals surface area contributed by atoms with Gasteiger partial charge < -0.3 is 14.4 Å². The maximum atomic E-state index is 13.4. The monoisotopic (exact) mass is 788 g/mol. The highest BCUT2D eigenvalue weighted by molar-refractivity contribution is 14.1. The van der Waals surface area contributed by atoms with Crippen molar-refractivity contribution in [2.45, 2.75) is 6.18 Å². The van der Waals surface area contributed by atoms with Gasteiger partial charge in [-0.3, -0.25) is 9.59 Å². The van der Waals surface area contributed by atoms with E-state index in [1.165, 1.54) is 18.3 Å². The standard InChI is InChI=1S/C28H21F3I2N4O4/c29-28(30,31)19-5-3-4-18(14-19)26-35-23-7-2-1-6-20(23)27(39)37(26)34-15-17-12-21(32)25(22(33)13-17)41-16-24(38)36-8-10-40-11-9-36/h1-7,12-15H,8-11,16H2. The van der Waals surface area contributed by atoms with E-state index < -0.39 is 17.3 Å². The Morgan fingerprint density at radius 1 is 1.05 bits per heavy atom. The molecule has 0 unspecified atom stereocenters. The van der Waals surface area contributed by atoms with Gasteiger partial charge in [-0.2, -0.15) is 22.9 Å². The number of fused-ring (bicyclic) bond motifs is 1. The van der Waals surface area contributed by atoms with Crippen molar-refractivity contribution in [1.82, 2.24) is 14.6 Å². The molecule has 0 radical (unpaired) electrons. The number of benzene rings is 3. The van der Waals surface area contributed by atoms with E-state index in [9.17, 15) is 22.8 Å². The predicted molar refractivity (Wildman–Crippen MR) is 164 cm³/mol. The molecule has 2 heterocycles. The van der Waals surface area contributed by atoms with Crippen LogP contribution < -0.4 is 10.3 Å². The average Bonchev–Trinajstić information content (AvgIpc) is 2.96. The Bertz CT molecular complexity index is 1680. The molecular formula is C28H21F3I2N4O4. The van der Waals surface area contributed by atoms with Crippen LogP contribution in [0.15, 0.2) is 70.6 Å². The molecule has 41 heavy (non-hydrogen) atoms. The Labute approximate surface area is 259 Å². The van der Waals surface area contributed by atoms with Gasteiger partial charge in [0.2, 0.25) is 0 Å². The summed E-state index contributed by atoms with van der Waals surface area (Å²) >= 11 is 4.18. The Morgan fingerprint density at radius 3 is 2.46 bits per heavy atom. The molecule has 1 fully saturated rings. The number of carbonyl (C=O) groups is 1. The molecule has 4 aromatic rings. The van der Waals surface area contributed by atoms with Crippen molar-refractivity contribution < 1.29 is 27.4 Å². The summed E-state index contributed by atoms with van der Waals surface area (Å²) in [4.78, 5) is 32.1. The number of morpholine rings is 1. The van der Waals surface area contributed by atoms with Crippen LogP contribution in [0, 0.1) is 7.14 Å². The largest absolute Gasteiger partial charge is 0.482 e. The molecule has 0 saturated carbocycles. The van der Waals surface area contributed by atoms with Crippen LogP contribution in [0.5, 0.6) is 5.75 Å². The van der Waals surface area contributed by atoms with Gasteiger partial charge >= 0.3 is 6.18 Å². The minimum atomic E-state index is -4.56. The third-order valence-electron chi connectivity index (χ3n) is 6.25. The quantitative estimate of drug-likeness (QED) is 0.193. The van der Waals surface area contributed by atoms with E-state index in [-0.39, 0.29) is 29.3 Å². The smallest absolute Gasteiger partial charge is 0.416 e. The zero-order valence-electron chi connectivity index (χ0n) is 21.2. The van der Waals surface area contributed by atoms with Crippen LogP contribution >= 0.6 is 45.2 Å². The lowest BCUT2D eigenvalue weighted by Crippen LogP contribution is -2.43. The van der Waals surface area contributed by atoms with Crippen LogP contribution in [0.25, 0.3) is 22.3 Å². The van der Waals surface area contributed by atoms with Gasteiger partial charge in [0.15, 0.2) is 12.4 Å². The Morgan fingerprint density at radius 2 is 1.76 bits per heavy atom. The Hall–Kier alpha value is -3.05. The highest BCUT2D eigenvalue weighted by atomic mass is 127. The first-order valence-electron chi connectivity index (χ1n) is 12.3. The van der Waals surface area contributed by atoms with E-state index in [1.54, 1.807) is 41.3 Å². The fraction of sp³-hybridized carbons (Fsp3) is 0.214. The number of rotatable bonds is 6. The first-order valence-corrected chi connectivity index (χ1v) is 14.5. The van der Waals surface area contributed by atoms with Gasteiger partial charge in [0.05, 0.1) is 43.0 Å². The molecule has 13 heteroatoms. The average molecular weight is 788 g/mol. The molecule has 1 aromatic heterocycles. The van der Waals surface area contributed by atoms with E-state index in [4.69, 9.17) is 9.47 Å². The molecule has 0 atom stereocenters. The zero-order chi connectivity index (χ0) is 29.1. The molecule has 0 spiro atoms. The van der Waals surface area contributed by atoms with Crippen molar-refractivity contribution in [2.24, 2.45) is 5.10 Å². The molecule has 1 amide bonds. The second-order valence-electron chi connectivity index (χ2n) is 8.99. The van der Waals surface area contributed by atoms with Crippen LogP contribution in [-0.2, 0) is 15.7 Å². The first kappa shape index (κ1) is 29.4. The maximum absolute atomic E-state index is 13.4. The Kier molecular flexibility index (Phi) is 8.94. The van der Waals surface area contributed by atoms with Crippen LogP contribution in [-0.4, -0.2) is 59.6 Å². The molecule has 0 bridgehead atoms. The summed E-state index contributed by atoms with van der Waals surface area (Å²) in [5.41, 5.74) is -0.336. The van der Waals surface area contributed by atoms with Crippen molar-refractivity contribution in [3.63, 3.8) is 0 Å². The number of para-hydroxylation sites is 1. The van der Waals surface area contributed by atoms with Crippen LogP contribution in [0.3, 0.4) is 0 Å². The molecule has 3 aromatic carbocycles. The molecular weight excluding hydrogens is 767 g/mol. The van der Waals surface area contributed by atoms with Crippen molar-refractivity contribution in [2.75, 3.05) is 32.9 Å². The zero-order valence-corrected chi connectivity index (χ0v) is 25.5. The topological polar surface area (TPSA) is 86.0 Å². The molecule has 1 aliphatic heterocycles. The molecule has 1 aliphatic rings. The SMILES string of the molecule is O=C(COc1c(I)cc(C=Nn2c(-c3cccc(C(F)(F)F)c3)nc3ccccc3c2=O)cc1I)N1CCOCC1. The highest BCUT2D eigenvalue weighted by Crippen LogP contribution is 2.32. The molecule has 0 aliphatic carbocycles. The van der Waals surface area contributed by atoms with Crippen molar-refractivity contribution >= 4 is 68.2 Å². The maximum Gasteiger partial charge on any atom is 0.416 e. The lowest BCUT2D eigenvalue weighted by atomic mass is 10.1. The van der Waals surface area contributed by atoms with Crippen LogP contribution in [0.1, 0.15) is 11.1 Å². The van der Waals surface area contributed by atoms with Gasteiger partial charge in [0.25, 0.3) is 11.5 Å². The van der Waals surface area contributed by atoms with Crippen molar-refractivity contribution in [3.8, 4) is 17.1 Å². The second kappa shape index (κ2) is 12.4. The van der Waals surface area contributed by atoms with Gasteiger partial charge in [-0.05, 0) is 87.1 Å². The van der Waals surface area contributed by atoms with E-state index >= 15 is 0 Å². The van der Waals surface area contributed by atoms with Gasteiger partial charge in [-0.15, -0.1) is 0 Å². The predicted octanol–water partition coefficient (Wildman–Crippen LogP) is 5.41. The number of halogens is 5. The summed E-state index contributed by atoms with van der Waals surface area (Å²) in [6, 6.07) is 14.7. The molecule has 5 rings (SSSR count). The number of ether oxygens (including phenoxy) is 2. The van der Waals surface area contributed by atoms with Crippen LogP contribution in [0.2, 0.25) is 0 Å². The van der Waals surface area contributed by atoms with Gasteiger partial charge in [-0.1, -0.05) is 24.3 Å². The second-order valence-corrected chi connectivity index (χ2v) is 11.3. The lowest BCUT2D eigenvalue weighted by molar-refractivity contribution is -0.138. The van der Waals surface area contributed by atoms with E-state index in [1.807, 2.05) is 0 Å². The minimum absolute atomic E-state index is 0.0259. The molecule has 212 valence electrons. The minimum Gasteiger partial charge on any atom is -0.482 e. The van der Waals surface area contributed by atoms with Gasteiger partial charge in [0.1, 0.15) is 5.75 Å². The van der Waals surface area contributed by atoms with E-state index in [0.717, 1.165) is 16.8 Å². The van der Waals surface area contributed by atoms with Crippen LogP contribution in [0.4, 0.5) is 13.2 Å². The number of amides is 1. The van der Waals surface area contributed by atoms with Crippen molar-refractivity contribution in [1.29, 1.82) is 0 Å². The third kappa shape index (κ3) is 6.72. The summed E-state index contributed by atoms with van der Waals surface area (Å²) in [7, 11) is 0. The number of carbonyl (C=O) groups excluding carboxylic acids is 1. The van der Waals surface area contributed by atoms with Gasteiger partial charge in [0, 0.05) is 18.7 Å². The first-order chi connectivity index (χ1) is 19.6. The van der Waals surface area contributed by atoms with E-state index in [0.29, 0.717) is 50.3 Å². The summed E-state index contributed by atoms with van der Waals surface area (Å²) in [6.07, 6.45) is -3.13. The summed E-state index contributed by atoms with van der Waals surface area (Å²) in [5.74, 6) is 0.386. The summed E-state index contributed by atoms with van der Waals surface area (Å²) < 4.78 is 53.8. The van der Waals surface area contributed by atoms with Crippen molar-refractivity contribution in [3.05, 3.63) is 89.3 Å². The lowest BCUT2D eigenvalue weighted by Gasteiger charge is -2.26. The fourth-order valence-corrected chi connectivity index (χ4v) is 6.33. The molecule has 0 N–H and O–H groups in total. The van der Waals surface area contributed by atoms with Gasteiger partial charge in [-0.25, -0.2) is 4.98 Å². The Balaban J connectivity index is 1.47. The van der Waals surface area contributed by atoms with E-state index in [2.05, 4.69) is 55.3 Å². The fourth-order valence-electron chi connectivity index (χ4n) is 4.21. The number of hydrogen-bond acceptors (Lipinski definition) is 6. The number of aromatic nitrogens is 2. The normalized spacial score (nSPS) is 14.1. The number of alkyl halides is 3. The third-order valence-corrected chi connectivity index (χ3v) is 7.85. The molecule has 8 nitrogen and oxygen atoms in total.